The normalized spacial score (nSPS) is 14.9. The summed E-state index contributed by atoms with van der Waals surface area (Å²) in [5.74, 6) is -0.517. The van der Waals surface area contributed by atoms with Gasteiger partial charge < -0.3 is 14.4 Å². The summed E-state index contributed by atoms with van der Waals surface area (Å²) >= 11 is 1.22. The molecule has 0 unspecified atom stereocenters. The van der Waals surface area contributed by atoms with Gasteiger partial charge in [-0.3, -0.25) is 9.59 Å². The summed E-state index contributed by atoms with van der Waals surface area (Å²) in [6.07, 6.45) is -3.39. The highest BCUT2D eigenvalue weighted by Gasteiger charge is 2.31. The molecule has 254 valence electrons. The number of halogens is 4. The van der Waals surface area contributed by atoms with Crippen LogP contribution < -0.4 is 5.56 Å². The van der Waals surface area contributed by atoms with E-state index in [0.717, 1.165) is 12.5 Å². The number of fused-ring (bicyclic) bond motifs is 1. The number of likely N-dealkylation sites (N-methyl/N-ethyl adjacent to an activating group) is 1. The van der Waals surface area contributed by atoms with Crippen LogP contribution in [0.5, 0.6) is 0 Å². The Hall–Kier alpha value is -3.96. The lowest BCUT2D eigenvalue weighted by molar-refractivity contribution is -0.137. The number of carbonyl (C=O) groups is 1. The van der Waals surface area contributed by atoms with Crippen LogP contribution in [0.4, 0.5) is 17.6 Å². The Morgan fingerprint density at radius 1 is 1.00 bits per heavy atom. The topological polar surface area (TPSA) is 58.4 Å². The molecule has 5 rings (SSSR count). The molecule has 0 spiro atoms. The smallest absolute Gasteiger partial charge is 0.336 e. The van der Waals surface area contributed by atoms with Crippen molar-refractivity contribution in [2.75, 3.05) is 26.2 Å². The molecule has 1 aliphatic carbocycles. The van der Waals surface area contributed by atoms with Gasteiger partial charge in [-0.05, 0) is 91.3 Å². The molecule has 0 bridgehead atoms. The van der Waals surface area contributed by atoms with Crippen LogP contribution in [0, 0.1) is 12.7 Å². The SMILES string of the molecule is [2H]c1c([2H])c(-c2c([2H])c([2H])c(C(F)(F)F)c([2H])c2C)c([2H])c([2H])c1CN(CCN(CC)CC)C(=O)Cn1c(SCc2ccc(F)cc2)nc(=O)c2c1CCC2. The van der Waals surface area contributed by atoms with Gasteiger partial charge in [0.25, 0.3) is 5.56 Å². The van der Waals surface area contributed by atoms with Crippen LogP contribution in [-0.4, -0.2) is 51.4 Å². The fraction of sp³-hybridized carbons (Fsp3) is 0.378. The van der Waals surface area contributed by atoms with E-state index in [4.69, 9.17) is 9.60 Å². The van der Waals surface area contributed by atoms with E-state index in [9.17, 15) is 27.2 Å². The van der Waals surface area contributed by atoms with Crippen molar-refractivity contribution in [2.45, 2.75) is 70.2 Å². The lowest BCUT2D eigenvalue weighted by Gasteiger charge is -2.28. The molecular weight excluding hydrogens is 640 g/mol. The second-order valence-electron chi connectivity index (χ2n) is 11.4. The van der Waals surface area contributed by atoms with E-state index in [0.29, 0.717) is 61.1 Å². The molecule has 1 heterocycles. The number of nitrogens with zero attached hydrogens (tertiary/aromatic N) is 4. The third-order valence-corrected chi connectivity index (χ3v) is 9.32. The minimum Gasteiger partial charge on any atom is -0.336 e. The van der Waals surface area contributed by atoms with Crippen molar-refractivity contribution < 1.29 is 32.0 Å². The van der Waals surface area contributed by atoms with Crippen LogP contribution in [0.3, 0.4) is 0 Å². The summed E-state index contributed by atoms with van der Waals surface area (Å²) in [7, 11) is 0. The zero-order valence-corrected chi connectivity index (χ0v) is 27.7. The number of hydrogen-bond donors (Lipinski definition) is 0. The van der Waals surface area contributed by atoms with E-state index in [2.05, 4.69) is 9.88 Å². The van der Waals surface area contributed by atoms with Crippen molar-refractivity contribution >= 4 is 17.7 Å². The monoisotopic (exact) mass is 687 g/mol. The molecule has 1 aliphatic rings. The standard InChI is InChI=1S/C37H40F4N4O2S/c1-4-43(5-2)19-20-44(22-26-9-13-28(14-10-26)31-18-15-29(21-25(31)3)37(39,40)41)34(46)23-45-33-8-6-7-32(33)35(47)42-36(45)48-24-27-11-16-30(38)17-12-27/h9-18,21H,4-8,19-20,22-24H2,1-3H3/i9D,10D,13D,14D,15D,18D,21D. The van der Waals surface area contributed by atoms with Crippen LogP contribution in [0.1, 0.15) is 63.4 Å². The maximum atomic E-state index is 14.4. The predicted octanol–water partition coefficient (Wildman–Crippen LogP) is 7.53. The maximum Gasteiger partial charge on any atom is 0.416 e. The molecule has 1 aromatic heterocycles. The molecule has 0 saturated carbocycles. The Morgan fingerprint density at radius 2 is 1.71 bits per heavy atom. The lowest BCUT2D eigenvalue weighted by Crippen LogP contribution is -2.40. The summed E-state index contributed by atoms with van der Waals surface area (Å²) in [6.45, 7) is 6.21. The maximum absolute atomic E-state index is 14.4. The Labute approximate surface area is 292 Å². The van der Waals surface area contributed by atoms with Gasteiger partial charge in [0.05, 0.1) is 15.2 Å². The third kappa shape index (κ3) is 8.54. The number of thioether (sulfide) groups is 1. The van der Waals surface area contributed by atoms with E-state index in [-0.39, 0.29) is 30.8 Å². The lowest BCUT2D eigenvalue weighted by atomic mass is 9.97. The molecule has 4 aromatic rings. The summed E-state index contributed by atoms with van der Waals surface area (Å²) in [5.41, 5.74) is -1.64. The summed E-state index contributed by atoms with van der Waals surface area (Å²) in [4.78, 5) is 35.1. The molecule has 0 N–H and O–H groups in total. The van der Waals surface area contributed by atoms with Crippen molar-refractivity contribution in [3.63, 3.8) is 0 Å². The molecule has 0 fully saturated rings. The van der Waals surface area contributed by atoms with Crippen molar-refractivity contribution in [3.05, 3.63) is 116 Å². The number of aromatic nitrogens is 2. The second-order valence-corrected chi connectivity index (χ2v) is 12.4. The summed E-state index contributed by atoms with van der Waals surface area (Å²) in [6, 6.07) is -0.0816. The van der Waals surface area contributed by atoms with Crippen molar-refractivity contribution in [2.24, 2.45) is 0 Å². The van der Waals surface area contributed by atoms with Gasteiger partial charge in [0.15, 0.2) is 5.16 Å². The zero-order chi connectivity index (χ0) is 40.5. The molecule has 48 heavy (non-hydrogen) atoms. The Bertz CT molecular complexity index is 2120. The van der Waals surface area contributed by atoms with Crippen LogP contribution in [-0.2, 0) is 42.7 Å². The quantitative estimate of drug-likeness (QED) is 0.0827. The first-order valence-corrected chi connectivity index (χ1v) is 16.7. The van der Waals surface area contributed by atoms with Crippen LogP contribution in [0.2, 0.25) is 0 Å². The number of rotatable bonds is 13. The number of alkyl halides is 3. The average Bonchev–Trinajstić information content (AvgIpc) is 3.64. The van der Waals surface area contributed by atoms with Gasteiger partial charge in [0.2, 0.25) is 5.91 Å². The van der Waals surface area contributed by atoms with Gasteiger partial charge in [-0.15, -0.1) is 0 Å². The van der Waals surface area contributed by atoms with Gasteiger partial charge in [-0.25, -0.2) is 4.39 Å². The van der Waals surface area contributed by atoms with Crippen LogP contribution >= 0.6 is 11.8 Å². The molecule has 11 heteroatoms. The second kappa shape index (κ2) is 15.5. The van der Waals surface area contributed by atoms with Crippen molar-refractivity contribution in [1.29, 1.82) is 0 Å². The van der Waals surface area contributed by atoms with Crippen LogP contribution in [0.15, 0.2) is 76.5 Å². The molecule has 0 saturated heterocycles. The van der Waals surface area contributed by atoms with Crippen molar-refractivity contribution in [3.8, 4) is 11.1 Å². The largest absolute Gasteiger partial charge is 0.416 e. The first-order valence-electron chi connectivity index (χ1n) is 19.2. The van der Waals surface area contributed by atoms with E-state index < -0.39 is 82.5 Å². The van der Waals surface area contributed by atoms with Gasteiger partial charge in [0.1, 0.15) is 12.4 Å². The van der Waals surface area contributed by atoms with Gasteiger partial charge >= 0.3 is 6.18 Å². The summed E-state index contributed by atoms with van der Waals surface area (Å²) < 4.78 is 117. The molecule has 6 nitrogen and oxygen atoms in total. The molecule has 0 radical (unpaired) electrons. The van der Waals surface area contributed by atoms with Gasteiger partial charge in [-0.1, -0.05) is 68.0 Å². The summed E-state index contributed by atoms with van der Waals surface area (Å²) in [5, 5.41) is 0.293. The highest BCUT2D eigenvalue weighted by atomic mass is 32.2. The highest BCUT2D eigenvalue weighted by Crippen LogP contribution is 2.33. The Balaban J connectivity index is 1.56. The number of benzene rings is 3. The van der Waals surface area contributed by atoms with Crippen molar-refractivity contribution in [1.82, 2.24) is 19.4 Å². The van der Waals surface area contributed by atoms with E-state index in [1.54, 1.807) is 16.7 Å². The zero-order valence-electron chi connectivity index (χ0n) is 33.9. The first-order chi connectivity index (χ1) is 25.9. The minimum atomic E-state index is -5.11. The first kappa shape index (κ1) is 26.9. The van der Waals surface area contributed by atoms with E-state index in [1.165, 1.54) is 28.8 Å². The molecule has 1 amide bonds. The Kier molecular flexibility index (Phi) is 8.70. The fourth-order valence-corrected chi connectivity index (χ4v) is 6.51. The van der Waals surface area contributed by atoms with Gasteiger partial charge in [0, 0.05) is 36.6 Å². The fourth-order valence-electron chi connectivity index (χ4n) is 5.54. The molecule has 3 aromatic carbocycles. The molecule has 0 aliphatic heterocycles. The highest BCUT2D eigenvalue weighted by molar-refractivity contribution is 7.98. The third-order valence-electron chi connectivity index (χ3n) is 8.27. The van der Waals surface area contributed by atoms with E-state index in [1.807, 2.05) is 13.8 Å². The minimum absolute atomic E-state index is 0.120. The Morgan fingerprint density at radius 3 is 2.38 bits per heavy atom. The van der Waals surface area contributed by atoms with Gasteiger partial charge in [-0.2, -0.15) is 18.2 Å². The number of carbonyl (C=O) groups excluding carboxylic acids is 1. The molecular formula is C37H40F4N4O2S. The average molecular weight is 688 g/mol. The number of hydrogen-bond acceptors (Lipinski definition) is 5. The number of amides is 1. The predicted molar refractivity (Wildman–Crippen MR) is 181 cm³/mol. The van der Waals surface area contributed by atoms with Crippen LogP contribution in [0.25, 0.3) is 11.1 Å². The molecule has 0 atom stereocenters. The van der Waals surface area contributed by atoms with E-state index >= 15 is 0 Å².